The van der Waals surface area contributed by atoms with Crippen LogP contribution in [0.2, 0.25) is 0 Å². The summed E-state index contributed by atoms with van der Waals surface area (Å²) >= 11 is 6.55. The zero-order valence-corrected chi connectivity index (χ0v) is 11.6. The van der Waals surface area contributed by atoms with E-state index in [0.717, 1.165) is 27.6 Å². The fourth-order valence-electron chi connectivity index (χ4n) is 1.90. The maximum absolute atomic E-state index is 12.1. The number of nitrogens with one attached hydrogen (secondary N) is 1. The van der Waals surface area contributed by atoms with Gasteiger partial charge in [-0.05, 0) is 25.6 Å². The smallest absolute Gasteiger partial charge is 0.227 e. The summed E-state index contributed by atoms with van der Waals surface area (Å²) < 4.78 is 6.03. The Morgan fingerprint density at radius 1 is 1.71 bits per heavy atom. The largest absolute Gasteiger partial charge is 0.379 e. The molecular formula is C11H16N2O2S2. The third kappa shape index (κ3) is 2.94. The molecule has 17 heavy (non-hydrogen) atoms. The molecule has 94 valence electrons. The molecule has 2 rings (SSSR count). The number of aryl methyl sites for hydroxylation is 1. The van der Waals surface area contributed by atoms with Crippen molar-refractivity contribution in [2.45, 2.75) is 25.8 Å². The van der Waals surface area contributed by atoms with Crippen LogP contribution in [-0.4, -0.2) is 42.1 Å². The zero-order chi connectivity index (χ0) is 12.4. The summed E-state index contributed by atoms with van der Waals surface area (Å²) in [5.41, 5.74) is 1.00. The van der Waals surface area contributed by atoms with E-state index in [2.05, 4.69) is 4.98 Å². The van der Waals surface area contributed by atoms with Gasteiger partial charge in [0.15, 0.2) is 3.95 Å². The van der Waals surface area contributed by atoms with Gasteiger partial charge in [-0.15, -0.1) is 11.3 Å². The standard InChI is InChI=1S/C11H16N2O2S2/c1-7-9(17-11(16)12-7)5-10(14)13(2)8-3-4-15-6-8/h8H,3-6H2,1-2H3,(H,12,16)/t8-/m1/s1. The second kappa shape index (κ2) is 5.29. The minimum Gasteiger partial charge on any atom is -0.379 e. The third-order valence-corrected chi connectivity index (χ3v) is 4.42. The van der Waals surface area contributed by atoms with E-state index in [9.17, 15) is 4.79 Å². The minimum absolute atomic E-state index is 0.133. The second-order valence-electron chi connectivity index (χ2n) is 4.26. The van der Waals surface area contributed by atoms with E-state index in [1.807, 2.05) is 14.0 Å². The second-order valence-corrected chi connectivity index (χ2v) is 6.03. The van der Waals surface area contributed by atoms with Gasteiger partial charge in [-0.2, -0.15) is 0 Å². The summed E-state index contributed by atoms with van der Waals surface area (Å²) in [4.78, 5) is 18.0. The van der Waals surface area contributed by atoms with Gasteiger partial charge in [0.2, 0.25) is 5.91 Å². The summed E-state index contributed by atoms with van der Waals surface area (Å²) in [5, 5.41) is 0. The van der Waals surface area contributed by atoms with Gasteiger partial charge in [0.1, 0.15) is 0 Å². The highest BCUT2D eigenvalue weighted by atomic mass is 32.1. The summed E-state index contributed by atoms with van der Waals surface area (Å²) in [5.74, 6) is 0.133. The lowest BCUT2D eigenvalue weighted by Gasteiger charge is -2.22. The van der Waals surface area contributed by atoms with Gasteiger partial charge in [-0.3, -0.25) is 4.79 Å². The van der Waals surface area contributed by atoms with Crippen molar-refractivity contribution in [3.05, 3.63) is 14.5 Å². The van der Waals surface area contributed by atoms with Gasteiger partial charge in [-0.25, -0.2) is 0 Å². The van der Waals surface area contributed by atoms with Crippen molar-refractivity contribution >= 4 is 29.5 Å². The van der Waals surface area contributed by atoms with Crippen LogP contribution in [-0.2, 0) is 16.0 Å². The van der Waals surface area contributed by atoms with Crippen LogP contribution in [0.5, 0.6) is 0 Å². The van der Waals surface area contributed by atoms with Crippen LogP contribution in [0.25, 0.3) is 0 Å². The Morgan fingerprint density at radius 2 is 2.47 bits per heavy atom. The van der Waals surface area contributed by atoms with E-state index in [-0.39, 0.29) is 11.9 Å². The molecular weight excluding hydrogens is 256 g/mol. The number of aromatic amines is 1. The Bertz CT molecular complexity index is 460. The number of thiazole rings is 1. The number of rotatable bonds is 3. The molecule has 4 nitrogen and oxygen atoms in total. The lowest BCUT2D eigenvalue weighted by molar-refractivity contribution is -0.131. The Labute approximate surface area is 110 Å². The third-order valence-electron chi connectivity index (χ3n) is 3.08. The van der Waals surface area contributed by atoms with E-state index in [1.54, 1.807) is 4.90 Å². The number of carbonyl (C=O) groups is 1. The van der Waals surface area contributed by atoms with Gasteiger partial charge >= 0.3 is 0 Å². The first-order chi connectivity index (χ1) is 8.08. The quantitative estimate of drug-likeness (QED) is 0.855. The molecule has 1 aromatic rings. The number of nitrogens with zero attached hydrogens (tertiary/aromatic N) is 1. The predicted octanol–water partition coefficient (Wildman–Crippen LogP) is 1.90. The first-order valence-electron chi connectivity index (χ1n) is 5.60. The lowest BCUT2D eigenvalue weighted by atomic mass is 10.2. The highest BCUT2D eigenvalue weighted by Crippen LogP contribution is 2.18. The van der Waals surface area contributed by atoms with Crippen LogP contribution in [0.1, 0.15) is 17.0 Å². The van der Waals surface area contributed by atoms with Crippen molar-refractivity contribution in [1.29, 1.82) is 0 Å². The van der Waals surface area contributed by atoms with Crippen molar-refractivity contribution in [1.82, 2.24) is 9.88 Å². The molecule has 6 heteroatoms. The van der Waals surface area contributed by atoms with E-state index in [0.29, 0.717) is 13.0 Å². The highest BCUT2D eigenvalue weighted by Gasteiger charge is 2.24. The molecule has 1 atom stereocenters. The molecule has 1 N–H and O–H groups in total. The molecule has 0 spiro atoms. The number of likely N-dealkylation sites (N-methyl/N-ethyl adjacent to an activating group) is 1. The number of ether oxygens (including phenoxy) is 1. The number of carbonyl (C=O) groups excluding carboxylic acids is 1. The molecule has 0 saturated carbocycles. The average molecular weight is 272 g/mol. The molecule has 0 radical (unpaired) electrons. The van der Waals surface area contributed by atoms with Crippen LogP contribution in [0.3, 0.4) is 0 Å². The normalized spacial score (nSPS) is 19.5. The molecule has 0 aromatic carbocycles. The van der Waals surface area contributed by atoms with E-state index >= 15 is 0 Å². The number of hydrogen-bond donors (Lipinski definition) is 1. The fourth-order valence-corrected chi connectivity index (χ4v) is 3.18. The summed E-state index contributed by atoms with van der Waals surface area (Å²) in [6.45, 7) is 3.36. The van der Waals surface area contributed by atoms with Crippen LogP contribution >= 0.6 is 23.6 Å². The van der Waals surface area contributed by atoms with E-state index in [4.69, 9.17) is 17.0 Å². The Morgan fingerprint density at radius 3 is 3.00 bits per heavy atom. The zero-order valence-electron chi connectivity index (χ0n) is 9.99. The van der Waals surface area contributed by atoms with Gasteiger partial charge in [0, 0.05) is 24.2 Å². The van der Waals surface area contributed by atoms with Crippen LogP contribution < -0.4 is 0 Å². The SMILES string of the molecule is Cc1[nH]c(=S)sc1CC(=O)N(C)[C@@H]1CCOC1. The Hall–Kier alpha value is -0.720. The average Bonchev–Trinajstić information content (AvgIpc) is 2.88. The topological polar surface area (TPSA) is 45.3 Å². The van der Waals surface area contributed by atoms with Crippen molar-refractivity contribution in [3.63, 3.8) is 0 Å². The first kappa shape index (κ1) is 12.7. The van der Waals surface area contributed by atoms with Crippen LogP contribution in [0.15, 0.2) is 0 Å². The highest BCUT2D eigenvalue weighted by molar-refractivity contribution is 7.73. The van der Waals surface area contributed by atoms with Crippen LogP contribution in [0.4, 0.5) is 0 Å². The molecule has 0 unspecified atom stereocenters. The number of aromatic nitrogens is 1. The van der Waals surface area contributed by atoms with Gasteiger partial charge in [0.25, 0.3) is 0 Å². The van der Waals surface area contributed by atoms with Crippen molar-refractivity contribution in [2.24, 2.45) is 0 Å². The van der Waals surface area contributed by atoms with Gasteiger partial charge in [0.05, 0.1) is 19.1 Å². The molecule has 1 aliphatic rings. The first-order valence-corrected chi connectivity index (χ1v) is 6.82. The molecule has 1 fully saturated rings. The predicted molar refractivity (Wildman–Crippen MR) is 69.9 cm³/mol. The maximum Gasteiger partial charge on any atom is 0.227 e. The van der Waals surface area contributed by atoms with E-state index in [1.165, 1.54) is 11.3 Å². The summed E-state index contributed by atoms with van der Waals surface area (Å²) in [6.07, 6.45) is 1.36. The maximum atomic E-state index is 12.1. The lowest BCUT2D eigenvalue weighted by Crippen LogP contribution is -2.38. The fraction of sp³-hybridized carbons (Fsp3) is 0.636. The monoisotopic (exact) mass is 272 g/mol. The number of H-pyrrole nitrogens is 1. The van der Waals surface area contributed by atoms with Crippen molar-refractivity contribution in [2.75, 3.05) is 20.3 Å². The Balaban J connectivity index is 2.01. The summed E-state index contributed by atoms with van der Waals surface area (Å²) in [6, 6.07) is 0.231. The molecule has 1 saturated heterocycles. The molecule has 1 aromatic heterocycles. The van der Waals surface area contributed by atoms with Crippen LogP contribution in [0, 0.1) is 10.9 Å². The minimum atomic E-state index is 0.133. The van der Waals surface area contributed by atoms with Gasteiger partial charge < -0.3 is 14.6 Å². The van der Waals surface area contributed by atoms with Crippen molar-refractivity contribution < 1.29 is 9.53 Å². The van der Waals surface area contributed by atoms with Gasteiger partial charge in [-0.1, -0.05) is 0 Å². The molecule has 0 aliphatic carbocycles. The summed E-state index contributed by atoms with van der Waals surface area (Å²) in [7, 11) is 1.85. The molecule has 2 heterocycles. The Kier molecular flexibility index (Phi) is 3.96. The van der Waals surface area contributed by atoms with E-state index < -0.39 is 0 Å². The number of hydrogen-bond acceptors (Lipinski definition) is 4. The molecule has 0 bridgehead atoms. The molecule has 1 aliphatic heterocycles. The molecule has 1 amide bonds. The van der Waals surface area contributed by atoms with Crippen molar-refractivity contribution in [3.8, 4) is 0 Å². The number of amides is 1.